The number of rotatable bonds is 3. The Labute approximate surface area is 111 Å². The van der Waals surface area contributed by atoms with Gasteiger partial charge in [0.25, 0.3) is 0 Å². The Hall–Kier alpha value is -0.0800. The summed E-state index contributed by atoms with van der Waals surface area (Å²) in [6.07, 6.45) is 12.0. The molecule has 2 saturated carbocycles. The SMILES string of the molecule is C1CC2(CCN1)CCN(C(C1CC1)C1CC1)CC2. The summed E-state index contributed by atoms with van der Waals surface area (Å²) in [6, 6.07) is 1.00. The molecule has 1 spiro atoms. The molecule has 1 N–H and O–H groups in total. The van der Waals surface area contributed by atoms with Crippen molar-refractivity contribution in [2.75, 3.05) is 26.2 Å². The molecule has 0 atom stereocenters. The molecule has 2 aliphatic carbocycles. The van der Waals surface area contributed by atoms with Crippen molar-refractivity contribution in [1.29, 1.82) is 0 Å². The number of piperidine rings is 2. The van der Waals surface area contributed by atoms with Gasteiger partial charge in [-0.05, 0) is 94.8 Å². The molecule has 2 saturated heterocycles. The largest absolute Gasteiger partial charge is 0.317 e. The number of nitrogens with zero attached hydrogens (tertiary/aromatic N) is 1. The van der Waals surface area contributed by atoms with Crippen molar-refractivity contribution in [2.24, 2.45) is 17.3 Å². The van der Waals surface area contributed by atoms with Gasteiger partial charge in [0.2, 0.25) is 0 Å². The summed E-state index contributed by atoms with van der Waals surface area (Å²) in [5, 5.41) is 3.53. The van der Waals surface area contributed by atoms with Crippen molar-refractivity contribution in [1.82, 2.24) is 10.2 Å². The van der Waals surface area contributed by atoms with Gasteiger partial charge in [0.05, 0.1) is 0 Å². The van der Waals surface area contributed by atoms with E-state index in [1.807, 2.05) is 0 Å². The van der Waals surface area contributed by atoms with Gasteiger partial charge in [-0.25, -0.2) is 0 Å². The minimum absolute atomic E-state index is 0.736. The van der Waals surface area contributed by atoms with E-state index in [1.54, 1.807) is 0 Å². The van der Waals surface area contributed by atoms with Crippen LogP contribution in [0.2, 0.25) is 0 Å². The second kappa shape index (κ2) is 4.49. The molecule has 2 nitrogen and oxygen atoms in total. The minimum Gasteiger partial charge on any atom is -0.317 e. The summed E-state index contributed by atoms with van der Waals surface area (Å²) >= 11 is 0. The first kappa shape index (κ1) is 11.7. The van der Waals surface area contributed by atoms with Crippen molar-refractivity contribution < 1.29 is 0 Å². The molecule has 0 aromatic carbocycles. The van der Waals surface area contributed by atoms with E-state index < -0.39 is 0 Å². The summed E-state index contributed by atoms with van der Waals surface area (Å²) in [5.41, 5.74) is 0.736. The third kappa shape index (κ3) is 2.22. The lowest BCUT2D eigenvalue weighted by Gasteiger charge is -2.47. The lowest BCUT2D eigenvalue weighted by molar-refractivity contribution is 0.0373. The predicted octanol–water partition coefficient (Wildman–Crippen LogP) is 2.64. The normalized spacial score (nSPS) is 33.2. The quantitative estimate of drug-likeness (QED) is 0.826. The fraction of sp³-hybridized carbons (Fsp3) is 1.00. The van der Waals surface area contributed by atoms with Crippen LogP contribution in [-0.2, 0) is 0 Å². The lowest BCUT2D eigenvalue weighted by atomic mass is 9.71. The van der Waals surface area contributed by atoms with E-state index in [4.69, 9.17) is 0 Å². The summed E-state index contributed by atoms with van der Waals surface area (Å²) in [7, 11) is 0. The maximum atomic E-state index is 3.53. The average molecular weight is 248 g/mol. The van der Waals surface area contributed by atoms with E-state index in [2.05, 4.69) is 10.2 Å². The highest BCUT2D eigenvalue weighted by molar-refractivity contribution is 5.00. The maximum Gasteiger partial charge on any atom is 0.0152 e. The Morgan fingerprint density at radius 1 is 0.833 bits per heavy atom. The van der Waals surface area contributed by atoms with E-state index in [0.29, 0.717) is 0 Å². The van der Waals surface area contributed by atoms with Crippen LogP contribution in [0.4, 0.5) is 0 Å². The Morgan fingerprint density at radius 3 is 1.89 bits per heavy atom. The zero-order valence-corrected chi connectivity index (χ0v) is 11.7. The van der Waals surface area contributed by atoms with Crippen molar-refractivity contribution in [3.63, 3.8) is 0 Å². The molecule has 0 amide bonds. The third-order valence-corrected chi connectivity index (χ3v) is 6.15. The fourth-order valence-electron chi connectivity index (χ4n) is 4.61. The molecule has 0 aromatic heterocycles. The summed E-state index contributed by atoms with van der Waals surface area (Å²) < 4.78 is 0. The highest BCUT2D eigenvalue weighted by Gasteiger charge is 2.46. The molecular formula is C16H28N2. The summed E-state index contributed by atoms with van der Waals surface area (Å²) in [6.45, 7) is 5.37. The van der Waals surface area contributed by atoms with Crippen LogP contribution < -0.4 is 5.32 Å². The summed E-state index contributed by atoms with van der Waals surface area (Å²) in [5.74, 6) is 2.19. The van der Waals surface area contributed by atoms with Gasteiger partial charge in [-0.1, -0.05) is 0 Å². The van der Waals surface area contributed by atoms with Gasteiger partial charge in [0, 0.05) is 6.04 Å². The Bertz CT molecular complexity index is 278. The van der Waals surface area contributed by atoms with E-state index >= 15 is 0 Å². The van der Waals surface area contributed by atoms with Crippen molar-refractivity contribution in [2.45, 2.75) is 57.4 Å². The summed E-state index contributed by atoms with van der Waals surface area (Å²) in [4.78, 5) is 2.91. The van der Waals surface area contributed by atoms with Crippen LogP contribution in [0.25, 0.3) is 0 Å². The first-order chi connectivity index (χ1) is 8.86. The topological polar surface area (TPSA) is 15.3 Å². The van der Waals surface area contributed by atoms with Crippen LogP contribution in [0.3, 0.4) is 0 Å². The highest BCUT2D eigenvalue weighted by Crippen LogP contribution is 2.49. The Morgan fingerprint density at radius 2 is 1.39 bits per heavy atom. The molecule has 4 fully saturated rings. The molecule has 0 bridgehead atoms. The molecule has 0 radical (unpaired) electrons. The van der Waals surface area contributed by atoms with Crippen LogP contribution in [0.1, 0.15) is 51.4 Å². The molecule has 4 rings (SSSR count). The van der Waals surface area contributed by atoms with E-state index in [1.165, 1.54) is 77.5 Å². The van der Waals surface area contributed by atoms with Gasteiger partial charge in [0.1, 0.15) is 0 Å². The first-order valence-corrected chi connectivity index (χ1v) is 8.31. The standard InChI is InChI=1S/C16H28N2/c1-2-13(1)15(14-3-4-14)18-11-7-16(8-12-18)5-9-17-10-6-16/h13-15,17H,1-12H2. The van der Waals surface area contributed by atoms with Gasteiger partial charge in [-0.2, -0.15) is 0 Å². The second-order valence-electron chi connectivity index (χ2n) is 7.45. The lowest BCUT2D eigenvalue weighted by Crippen LogP contribution is -2.49. The van der Waals surface area contributed by atoms with Gasteiger partial charge < -0.3 is 5.32 Å². The highest BCUT2D eigenvalue weighted by atomic mass is 15.2. The Balaban J connectivity index is 1.38. The van der Waals surface area contributed by atoms with E-state index in [9.17, 15) is 0 Å². The number of hydrogen-bond donors (Lipinski definition) is 1. The van der Waals surface area contributed by atoms with Gasteiger partial charge >= 0.3 is 0 Å². The van der Waals surface area contributed by atoms with Gasteiger partial charge in [0.15, 0.2) is 0 Å². The fourth-order valence-corrected chi connectivity index (χ4v) is 4.61. The Kier molecular flexibility index (Phi) is 2.92. The van der Waals surface area contributed by atoms with Crippen molar-refractivity contribution in [3.05, 3.63) is 0 Å². The predicted molar refractivity (Wildman–Crippen MR) is 74.6 cm³/mol. The van der Waals surface area contributed by atoms with Crippen molar-refractivity contribution in [3.8, 4) is 0 Å². The molecule has 18 heavy (non-hydrogen) atoms. The van der Waals surface area contributed by atoms with Crippen LogP contribution in [-0.4, -0.2) is 37.1 Å². The zero-order valence-electron chi connectivity index (χ0n) is 11.7. The van der Waals surface area contributed by atoms with Gasteiger partial charge in [-0.3, -0.25) is 4.90 Å². The van der Waals surface area contributed by atoms with Crippen LogP contribution in [0, 0.1) is 17.3 Å². The third-order valence-electron chi connectivity index (χ3n) is 6.15. The van der Waals surface area contributed by atoms with Crippen molar-refractivity contribution >= 4 is 0 Å². The molecule has 0 aromatic rings. The molecule has 0 unspecified atom stereocenters. The van der Waals surface area contributed by atoms with Crippen LogP contribution in [0.5, 0.6) is 0 Å². The minimum atomic E-state index is 0.736. The van der Waals surface area contributed by atoms with E-state index in [0.717, 1.165) is 23.3 Å². The van der Waals surface area contributed by atoms with E-state index in [-0.39, 0.29) is 0 Å². The molecule has 102 valence electrons. The number of hydrogen-bond acceptors (Lipinski definition) is 2. The number of nitrogens with one attached hydrogen (secondary N) is 1. The molecule has 2 heterocycles. The molecule has 2 heteroatoms. The van der Waals surface area contributed by atoms with Gasteiger partial charge in [-0.15, -0.1) is 0 Å². The monoisotopic (exact) mass is 248 g/mol. The number of likely N-dealkylation sites (tertiary alicyclic amines) is 1. The van der Waals surface area contributed by atoms with Crippen LogP contribution in [0.15, 0.2) is 0 Å². The molecule has 2 aliphatic heterocycles. The smallest absolute Gasteiger partial charge is 0.0152 e. The molecule has 4 aliphatic rings. The maximum absolute atomic E-state index is 3.53. The zero-order chi connectivity index (χ0) is 12.0. The molecular weight excluding hydrogens is 220 g/mol. The van der Waals surface area contributed by atoms with Crippen LogP contribution >= 0.6 is 0 Å². The first-order valence-electron chi connectivity index (χ1n) is 8.31. The second-order valence-corrected chi connectivity index (χ2v) is 7.45. The average Bonchev–Trinajstić information content (AvgIpc) is 3.27.